The third kappa shape index (κ3) is 8.97. The van der Waals surface area contributed by atoms with E-state index >= 15 is 0 Å². The van der Waals surface area contributed by atoms with Gasteiger partial charge in [0.25, 0.3) is 0 Å². The SMILES string of the molecule is COc1cc(C(OC(C)=O)C(COC(C)=O)Oc2c(OC)cc(C3OCC4C(c5ccc(OC(C)=O)c(OC)c5)OCC34)cc2OC)ccc1OC(C)=O. The van der Waals surface area contributed by atoms with E-state index in [9.17, 15) is 19.2 Å². The molecule has 6 atom stereocenters. The Bertz CT molecular complexity index is 1830. The number of fused-ring (bicyclic) bond motifs is 1. The summed E-state index contributed by atoms with van der Waals surface area (Å²) in [5.41, 5.74) is 2.00. The Morgan fingerprint density at radius 2 is 1.11 bits per heavy atom. The van der Waals surface area contributed by atoms with Crippen LogP contribution in [0.5, 0.6) is 40.2 Å². The fourth-order valence-electron chi connectivity index (χ4n) is 6.69. The van der Waals surface area contributed by atoms with Gasteiger partial charge in [-0.2, -0.15) is 0 Å². The van der Waals surface area contributed by atoms with Crippen LogP contribution in [0.1, 0.15) is 62.7 Å². The molecule has 0 saturated carbocycles. The predicted octanol–water partition coefficient (Wildman–Crippen LogP) is 5.26. The summed E-state index contributed by atoms with van der Waals surface area (Å²) in [5.74, 6) is -0.513. The van der Waals surface area contributed by atoms with Crippen LogP contribution in [-0.2, 0) is 38.1 Å². The zero-order valence-electron chi connectivity index (χ0n) is 31.3. The molecule has 3 aromatic rings. The maximum Gasteiger partial charge on any atom is 0.308 e. The van der Waals surface area contributed by atoms with Gasteiger partial charge in [0.1, 0.15) is 6.61 Å². The van der Waals surface area contributed by atoms with Gasteiger partial charge in [-0.05, 0) is 47.5 Å². The van der Waals surface area contributed by atoms with Gasteiger partial charge in [0, 0.05) is 45.1 Å². The van der Waals surface area contributed by atoms with Crippen LogP contribution in [0.25, 0.3) is 0 Å². The summed E-state index contributed by atoms with van der Waals surface area (Å²) in [6.07, 6.45) is -2.97. The van der Waals surface area contributed by atoms with Crippen molar-refractivity contribution in [2.45, 2.75) is 52.1 Å². The van der Waals surface area contributed by atoms with Crippen molar-refractivity contribution >= 4 is 23.9 Å². The van der Waals surface area contributed by atoms with Gasteiger partial charge in [0.05, 0.1) is 53.9 Å². The molecule has 54 heavy (non-hydrogen) atoms. The van der Waals surface area contributed by atoms with E-state index in [1.165, 1.54) is 68.3 Å². The van der Waals surface area contributed by atoms with Gasteiger partial charge < -0.3 is 52.1 Å². The van der Waals surface area contributed by atoms with Crippen molar-refractivity contribution in [3.05, 3.63) is 65.2 Å². The molecule has 0 spiro atoms. The average Bonchev–Trinajstić information content (AvgIpc) is 3.75. The van der Waals surface area contributed by atoms with Crippen molar-refractivity contribution in [1.29, 1.82) is 0 Å². The van der Waals surface area contributed by atoms with Crippen LogP contribution in [0, 0.1) is 11.8 Å². The number of hydrogen-bond donors (Lipinski definition) is 0. The maximum atomic E-state index is 12.4. The first-order chi connectivity index (χ1) is 25.9. The largest absolute Gasteiger partial charge is 0.493 e. The van der Waals surface area contributed by atoms with Crippen LogP contribution in [0.2, 0.25) is 0 Å². The number of esters is 4. The Morgan fingerprint density at radius 1 is 0.611 bits per heavy atom. The molecule has 3 aromatic carbocycles. The minimum Gasteiger partial charge on any atom is -0.493 e. The molecule has 0 aromatic heterocycles. The molecule has 6 unspecified atom stereocenters. The fourth-order valence-corrected chi connectivity index (χ4v) is 6.69. The highest BCUT2D eigenvalue weighted by atomic mass is 16.6. The number of carbonyl (C=O) groups excluding carboxylic acids is 4. The first kappa shape index (κ1) is 39.7. The van der Waals surface area contributed by atoms with Crippen molar-refractivity contribution in [2.24, 2.45) is 11.8 Å². The first-order valence-corrected chi connectivity index (χ1v) is 17.1. The lowest BCUT2D eigenvalue weighted by atomic mass is 9.84. The van der Waals surface area contributed by atoms with Crippen LogP contribution in [0.4, 0.5) is 0 Å². The van der Waals surface area contributed by atoms with Crippen molar-refractivity contribution in [3.8, 4) is 40.2 Å². The molecule has 290 valence electrons. The van der Waals surface area contributed by atoms with E-state index in [1.807, 2.05) is 6.07 Å². The summed E-state index contributed by atoms with van der Waals surface area (Å²) in [6, 6.07) is 13.5. The van der Waals surface area contributed by atoms with E-state index in [0.717, 1.165) is 11.1 Å². The number of carbonyl (C=O) groups is 4. The van der Waals surface area contributed by atoms with E-state index in [2.05, 4.69) is 0 Å². The van der Waals surface area contributed by atoms with Gasteiger partial charge in [0.15, 0.2) is 46.7 Å². The van der Waals surface area contributed by atoms with Crippen molar-refractivity contribution in [2.75, 3.05) is 48.3 Å². The standard InChI is InChI=1S/C39H44O15/c1-20(40)48-19-35(38(53-23(4)43)25-10-12-30(52-22(3)42)32(14-25)45-6)54-39-33(46-7)15-26(16-34(39)47-8)37-28-18-49-36(27(28)17-50-37)24-9-11-29(51-21(2)41)31(13-24)44-5/h9-16,27-28,35-38H,17-19H2,1-8H3. The lowest BCUT2D eigenvalue weighted by molar-refractivity contribution is -0.157. The Kier molecular flexibility index (Phi) is 12.9. The molecular formula is C39H44O15. The van der Waals surface area contributed by atoms with Gasteiger partial charge in [0.2, 0.25) is 5.75 Å². The summed E-state index contributed by atoms with van der Waals surface area (Å²) < 4.78 is 63.3. The van der Waals surface area contributed by atoms with E-state index < -0.39 is 42.2 Å². The summed E-state index contributed by atoms with van der Waals surface area (Å²) in [4.78, 5) is 47.6. The van der Waals surface area contributed by atoms with Gasteiger partial charge in [-0.15, -0.1) is 0 Å². The van der Waals surface area contributed by atoms with E-state index in [4.69, 9.17) is 52.1 Å². The molecular weight excluding hydrogens is 708 g/mol. The summed E-state index contributed by atoms with van der Waals surface area (Å²) >= 11 is 0. The third-order valence-electron chi connectivity index (χ3n) is 8.97. The van der Waals surface area contributed by atoms with Crippen LogP contribution >= 0.6 is 0 Å². The topological polar surface area (TPSA) is 170 Å². The molecule has 0 radical (unpaired) electrons. The molecule has 0 N–H and O–H groups in total. The molecule has 2 aliphatic heterocycles. The second-order valence-corrected chi connectivity index (χ2v) is 12.6. The number of ether oxygens (including phenoxy) is 11. The average molecular weight is 753 g/mol. The maximum absolute atomic E-state index is 12.4. The zero-order chi connectivity index (χ0) is 39.1. The number of rotatable bonds is 15. The van der Waals surface area contributed by atoms with Crippen LogP contribution in [0.15, 0.2) is 48.5 Å². The Morgan fingerprint density at radius 3 is 1.61 bits per heavy atom. The zero-order valence-corrected chi connectivity index (χ0v) is 31.3. The highest BCUT2D eigenvalue weighted by Gasteiger charge is 2.48. The van der Waals surface area contributed by atoms with Gasteiger partial charge in [-0.3, -0.25) is 19.2 Å². The smallest absolute Gasteiger partial charge is 0.308 e. The molecule has 2 fully saturated rings. The van der Waals surface area contributed by atoms with Gasteiger partial charge >= 0.3 is 23.9 Å². The fraction of sp³-hybridized carbons (Fsp3) is 0.436. The number of methoxy groups -OCH3 is 4. The predicted molar refractivity (Wildman–Crippen MR) is 188 cm³/mol. The highest BCUT2D eigenvalue weighted by molar-refractivity contribution is 5.71. The molecule has 0 amide bonds. The van der Waals surface area contributed by atoms with E-state index in [0.29, 0.717) is 30.3 Å². The first-order valence-electron chi connectivity index (χ1n) is 17.1. The van der Waals surface area contributed by atoms with Crippen LogP contribution < -0.4 is 33.2 Å². The monoisotopic (exact) mass is 752 g/mol. The molecule has 2 heterocycles. The molecule has 5 rings (SSSR count). The lowest BCUT2D eigenvalue weighted by Crippen LogP contribution is -2.34. The van der Waals surface area contributed by atoms with Crippen molar-refractivity contribution in [1.82, 2.24) is 0 Å². The van der Waals surface area contributed by atoms with Crippen molar-refractivity contribution in [3.63, 3.8) is 0 Å². The molecule has 15 heteroatoms. The molecule has 2 saturated heterocycles. The normalized spacial score (nSPS) is 19.8. The molecule has 0 aliphatic carbocycles. The minimum atomic E-state index is -1.15. The van der Waals surface area contributed by atoms with E-state index in [-0.39, 0.29) is 53.3 Å². The molecule has 15 nitrogen and oxygen atoms in total. The van der Waals surface area contributed by atoms with Gasteiger partial charge in [-0.1, -0.05) is 12.1 Å². The highest BCUT2D eigenvalue weighted by Crippen LogP contribution is 2.53. The Labute approximate surface area is 312 Å². The quantitative estimate of drug-likeness (QED) is 0.145. The second-order valence-electron chi connectivity index (χ2n) is 12.6. The van der Waals surface area contributed by atoms with Crippen LogP contribution in [0.3, 0.4) is 0 Å². The second kappa shape index (κ2) is 17.5. The minimum absolute atomic E-state index is 0.00554. The van der Waals surface area contributed by atoms with E-state index in [1.54, 1.807) is 30.3 Å². The summed E-state index contributed by atoms with van der Waals surface area (Å²) in [7, 11) is 5.83. The molecule has 0 bridgehead atoms. The molecule has 2 aliphatic rings. The lowest BCUT2D eigenvalue weighted by Gasteiger charge is -2.29. The summed E-state index contributed by atoms with van der Waals surface area (Å²) in [5, 5.41) is 0. The Balaban J connectivity index is 1.45. The number of benzene rings is 3. The number of hydrogen-bond acceptors (Lipinski definition) is 15. The van der Waals surface area contributed by atoms with Gasteiger partial charge in [-0.25, -0.2) is 0 Å². The summed E-state index contributed by atoms with van der Waals surface area (Å²) in [6.45, 7) is 5.53. The van der Waals surface area contributed by atoms with Crippen molar-refractivity contribution < 1.29 is 71.3 Å². The Hall–Kier alpha value is -5.54. The third-order valence-corrected chi connectivity index (χ3v) is 8.97. The van der Waals surface area contributed by atoms with Crippen LogP contribution in [-0.4, -0.2) is 78.2 Å².